The maximum absolute atomic E-state index is 12.8. The van der Waals surface area contributed by atoms with Gasteiger partial charge in [0, 0.05) is 18.3 Å². The number of benzene rings is 2. The largest absolute Gasteiger partial charge is 0.325 e. The first-order valence-corrected chi connectivity index (χ1v) is 9.76. The first-order chi connectivity index (χ1) is 13.6. The number of aryl methyl sites for hydroxylation is 1. The van der Waals surface area contributed by atoms with Gasteiger partial charge in [-0.05, 0) is 18.6 Å². The van der Waals surface area contributed by atoms with E-state index in [0.29, 0.717) is 0 Å². The summed E-state index contributed by atoms with van der Waals surface area (Å²) in [4.78, 5) is 21.4. The maximum Gasteiger partial charge on any atom is 0.237 e. The fourth-order valence-corrected chi connectivity index (χ4v) is 3.83. The SMILES string of the molecule is CC(Sc1ncnc2c1cnn2C)C(=O)Nc1ccccc1-c1ccccc1. The number of para-hydroxylation sites is 1. The Bertz CT molecular complexity index is 1130. The summed E-state index contributed by atoms with van der Waals surface area (Å²) in [6.45, 7) is 1.87. The van der Waals surface area contributed by atoms with Crippen molar-refractivity contribution in [3.63, 3.8) is 0 Å². The van der Waals surface area contributed by atoms with E-state index in [1.165, 1.54) is 18.1 Å². The van der Waals surface area contributed by atoms with Crippen LogP contribution in [0.4, 0.5) is 5.69 Å². The number of hydrogen-bond acceptors (Lipinski definition) is 5. The molecule has 7 heteroatoms. The van der Waals surface area contributed by atoms with Crippen molar-refractivity contribution in [2.24, 2.45) is 7.05 Å². The number of fused-ring (bicyclic) bond motifs is 1. The molecule has 0 bridgehead atoms. The topological polar surface area (TPSA) is 72.7 Å². The van der Waals surface area contributed by atoms with Crippen LogP contribution < -0.4 is 5.32 Å². The highest BCUT2D eigenvalue weighted by Crippen LogP contribution is 2.30. The second-order valence-electron chi connectivity index (χ2n) is 6.35. The number of nitrogens with one attached hydrogen (secondary N) is 1. The van der Waals surface area contributed by atoms with Crippen LogP contribution >= 0.6 is 11.8 Å². The van der Waals surface area contributed by atoms with Crippen molar-refractivity contribution in [1.82, 2.24) is 19.7 Å². The lowest BCUT2D eigenvalue weighted by atomic mass is 10.0. The zero-order valence-electron chi connectivity index (χ0n) is 15.5. The van der Waals surface area contributed by atoms with Crippen LogP contribution in [-0.2, 0) is 11.8 Å². The average Bonchev–Trinajstić information content (AvgIpc) is 3.11. The van der Waals surface area contributed by atoms with Crippen LogP contribution in [0.25, 0.3) is 22.2 Å². The van der Waals surface area contributed by atoms with Crippen LogP contribution in [0.2, 0.25) is 0 Å². The van der Waals surface area contributed by atoms with E-state index in [0.717, 1.165) is 32.9 Å². The predicted molar refractivity (Wildman–Crippen MR) is 112 cm³/mol. The first-order valence-electron chi connectivity index (χ1n) is 8.88. The van der Waals surface area contributed by atoms with Crippen molar-refractivity contribution in [3.8, 4) is 11.1 Å². The van der Waals surface area contributed by atoms with E-state index in [1.54, 1.807) is 10.9 Å². The van der Waals surface area contributed by atoms with Crippen LogP contribution in [0, 0.1) is 0 Å². The van der Waals surface area contributed by atoms with Gasteiger partial charge in [0.25, 0.3) is 0 Å². The van der Waals surface area contributed by atoms with E-state index in [9.17, 15) is 4.79 Å². The van der Waals surface area contributed by atoms with Gasteiger partial charge in [-0.15, -0.1) is 0 Å². The Kier molecular flexibility index (Phi) is 5.08. The molecule has 1 unspecified atom stereocenters. The fourth-order valence-electron chi connectivity index (χ4n) is 2.95. The Hall–Kier alpha value is -3.19. The number of nitrogens with zero attached hydrogens (tertiary/aromatic N) is 4. The van der Waals surface area contributed by atoms with Gasteiger partial charge in [-0.1, -0.05) is 60.3 Å². The van der Waals surface area contributed by atoms with Crippen molar-refractivity contribution in [2.45, 2.75) is 17.2 Å². The monoisotopic (exact) mass is 389 g/mol. The molecule has 4 aromatic rings. The number of hydrogen-bond donors (Lipinski definition) is 1. The summed E-state index contributed by atoms with van der Waals surface area (Å²) in [5.74, 6) is -0.0796. The van der Waals surface area contributed by atoms with Crippen molar-refractivity contribution >= 4 is 34.4 Å². The third-order valence-corrected chi connectivity index (χ3v) is 5.54. The highest BCUT2D eigenvalue weighted by atomic mass is 32.2. The van der Waals surface area contributed by atoms with Gasteiger partial charge in [0.05, 0.1) is 16.8 Å². The van der Waals surface area contributed by atoms with Crippen molar-refractivity contribution in [3.05, 3.63) is 67.1 Å². The normalized spacial score (nSPS) is 12.1. The molecule has 140 valence electrons. The number of amides is 1. The number of anilines is 1. The zero-order chi connectivity index (χ0) is 19.5. The highest BCUT2D eigenvalue weighted by Gasteiger charge is 2.19. The first kappa shape index (κ1) is 18.2. The van der Waals surface area contributed by atoms with Crippen LogP contribution in [0.3, 0.4) is 0 Å². The highest BCUT2D eigenvalue weighted by molar-refractivity contribution is 8.00. The molecule has 2 aromatic heterocycles. The van der Waals surface area contributed by atoms with Gasteiger partial charge in [-0.25, -0.2) is 9.97 Å². The molecule has 2 aromatic carbocycles. The molecule has 0 saturated heterocycles. The quantitative estimate of drug-likeness (QED) is 0.410. The second kappa shape index (κ2) is 7.82. The van der Waals surface area contributed by atoms with E-state index in [1.807, 2.05) is 68.6 Å². The molecular formula is C21H19N5OS. The number of rotatable bonds is 5. The summed E-state index contributed by atoms with van der Waals surface area (Å²) >= 11 is 1.40. The lowest BCUT2D eigenvalue weighted by molar-refractivity contribution is -0.115. The molecule has 0 aliphatic carbocycles. The van der Waals surface area contributed by atoms with E-state index in [-0.39, 0.29) is 11.2 Å². The zero-order valence-corrected chi connectivity index (χ0v) is 16.4. The lowest BCUT2D eigenvalue weighted by Crippen LogP contribution is -2.22. The number of thioether (sulfide) groups is 1. The minimum atomic E-state index is -0.331. The Balaban J connectivity index is 1.54. The third-order valence-electron chi connectivity index (χ3n) is 4.42. The summed E-state index contributed by atoms with van der Waals surface area (Å²) in [6, 6.07) is 17.8. The Morgan fingerprint density at radius 1 is 1.07 bits per heavy atom. The summed E-state index contributed by atoms with van der Waals surface area (Å²) in [7, 11) is 1.83. The molecule has 6 nitrogen and oxygen atoms in total. The van der Waals surface area contributed by atoms with Crippen LogP contribution in [0.1, 0.15) is 6.92 Å². The maximum atomic E-state index is 12.8. The smallest absolute Gasteiger partial charge is 0.237 e. The predicted octanol–water partition coefficient (Wildman–Crippen LogP) is 4.15. The van der Waals surface area contributed by atoms with Crippen molar-refractivity contribution in [1.29, 1.82) is 0 Å². The number of aromatic nitrogens is 4. The molecule has 0 saturated carbocycles. The lowest BCUT2D eigenvalue weighted by Gasteiger charge is -2.15. The Morgan fingerprint density at radius 3 is 2.64 bits per heavy atom. The molecule has 0 radical (unpaired) electrons. The molecule has 0 aliphatic heterocycles. The Labute approximate surface area is 167 Å². The van der Waals surface area contributed by atoms with Gasteiger partial charge >= 0.3 is 0 Å². The fraction of sp³-hybridized carbons (Fsp3) is 0.143. The van der Waals surface area contributed by atoms with E-state index in [4.69, 9.17) is 0 Å². The van der Waals surface area contributed by atoms with Crippen molar-refractivity contribution in [2.75, 3.05) is 5.32 Å². The molecule has 1 amide bonds. The summed E-state index contributed by atoms with van der Waals surface area (Å²) in [5, 5.41) is 8.54. The molecule has 1 atom stereocenters. The van der Waals surface area contributed by atoms with E-state index < -0.39 is 0 Å². The van der Waals surface area contributed by atoms with Gasteiger partial charge in [-0.2, -0.15) is 5.10 Å². The van der Waals surface area contributed by atoms with Crippen LogP contribution in [0.15, 0.2) is 72.1 Å². The van der Waals surface area contributed by atoms with Crippen LogP contribution in [0.5, 0.6) is 0 Å². The summed E-state index contributed by atoms with van der Waals surface area (Å²) in [6.07, 6.45) is 3.23. The third kappa shape index (κ3) is 3.61. The number of carbonyl (C=O) groups excluding carboxylic acids is 1. The van der Waals surface area contributed by atoms with Crippen LogP contribution in [-0.4, -0.2) is 30.9 Å². The molecular weight excluding hydrogens is 370 g/mol. The molecule has 2 heterocycles. The minimum absolute atomic E-state index is 0.0796. The second-order valence-corrected chi connectivity index (χ2v) is 7.67. The van der Waals surface area contributed by atoms with Gasteiger partial charge in [0.1, 0.15) is 11.4 Å². The van der Waals surface area contributed by atoms with E-state index in [2.05, 4.69) is 20.4 Å². The Morgan fingerprint density at radius 2 is 1.82 bits per heavy atom. The minimum Gasteiger partial charge on any atom is -0.325 e. The standard InChI is InChI=1S/C21H19N5OS/c1-14(28-21-17-12-24-26(2)19(17)22-13-23-21)20(27)25-18-11-7-6-10-16(18)15-8-4-3-5-9-15/h3-14H,1-2H3,(H,25,27). The van der Waals surface area contributed by atoms with E-state index >= 15 is 0 Å². The van der Waals surface area contributed by atoms with Crippen molar-refractivity contribution < 1.29 is 4.79 Å². The van der Waals surface area contributed by atoms with Gasteiger partial charge in [0.15, 0.2) is 5.65 Å². The molecule has 28 heavy (non-hydrogen) atoms. The molecule has 0 fully saturated rings. The van der Waals surface area contributed by atoms with Gasteiger partial charge < -0.3 is 5.32 Å². The molecule has 0 spiro atoms. The molecule has 0 aliphatic rings. The summed E-state index contributed by atoms with van der Waals surface area (Å²) in [5.41, 5.74) is 3.59. The summed E-state index contributed by atoms with van der Waals surface area (Å²) < 4.78 is 1.70. The van der Waals surface area contributed by atoms with Gasteiger partial charge in [-0.3, -0.25) is 9.48 Å². The molecule has 4 rings (SSSR count). The average molecular weight is 389 g/mol. The van der Waals surface area contributed by atoms with Gasteiger partial charge in [0.2, 0.25) is 5.91 Å². The number of carbonyl (C=O) groups is 1. The molecule has 1 N–H and O–H groups in total.